The van der Waals surface area contributed by atoms with E-state index in [0.717, 1.165) is 38.8 Å². The lowest BCUT2D eigenvalue weighted by Gasteiger charge is -2.40. The van der Waals surface area contributed by atoms with Gasteiger partial charge in [0.2, 0.25) is 0 Å². The van der Waals surface area contributed by atoms with E-state index in [1.165, 1.54) is 16.5 Å². The molecule has 0 amide bonds. The molecule has 1 aromatic heterocycles. The number of H-pyrrole nitrogens is 1. The summed E-state index contributed by atoms with van der Waals surface area (Å²) in [5.74, 6) is 0. The molecule has 0 aliphatic carbocycles. The second-order valence-electron chi connectivity index (χ2n) is 6.21. The van der Waals surface area contributed by atoms with Gasteiger partial charge < -0.3 is 15.0 Å². The molecule has 0 radical (unpaired) electrons. The Morgan fingerprint density at radius 3 is 2.95 bits per heavy atom. The quantitative estimate of drug-likeness (QED) is 0.872. The van der Waals surface area contributed by atoms with E-state index in [0.29, 0.717) is 6.04 Å². The van der Waals surface area contributed by atoms with Crippen LogP contribution in [-0.2, 0) is 11.3 Å². The van der Waals surface area contributed by atoms with E-state index in [-0.39, 0.29) is 5.60 Å². The summed E-state index contributed by atoms with van der Waals surface area (Å²) in [6, 6.07) is 9.34. The molecule has 1 fully saturated rings. The Bertz CT molecular complexity index is 586. The van der Waals surface area contributed by atoms with Gasteiger partial charge in [-0.3, -0.25) is 0 Å². The molecule has 1 aromatic carbocycles. The molecule has 21 heavy (non-hydrogen) atoms. The average molecular weight is 286 g/mol. The highest BCUT2D eigenvalue weighted by molar-refractivity contribution is 5.79. The molecule has 2 heterocycles. The van der Waals surface area contributed by atoms with Gasteiger partial charge in [0.05, 0.1) is 5.60 Å². The average Bonchev–Trinajstić information content (AvgIpc) is 3.00. The molecule has 1 aliphatic heterocycles. The molecule has 1 unspecified atom stereocenters. The van der Waals surface area contributed by atoms with Gasteiger partial charge in [0.1, 0.15) is 0 Å². The summed E-state index contributed by atoms with van der Waals surface area (Å²) in [5, 5.41) is 5.02. The number of rotatable bonds is 5. The van der Waals surface area contributed by atoms with Crippen molar-refractivity contribution in [1.29, 1.82) is 0 Å². The Morgan fingerprint density at radius 2 is 2.14 bits per heavy atom. The second-order valence-corrected chi connectivity index (χ2v) is 6.21. The lowest BCUT2D eigenvalue weighted by molar-refractivity contribution is -0.0932. The summed E-state index contributed by atoms with van der Waals surface area (Å²) in [6.45, 7) is 6.31. The molecule has 1 saturated heterocycles. The van der Waals surface area contributed by atoms with Crippen LogP contribution in [0.4, 0.5) is 0 Å². The van der Waals surface area contributed by atoms with Gasteiger partial charge in [-0.25, -0.2) is 0 Å². The highest BCUT2D eigenvalue weighted by Crippen LogP contribution is 2.31. The van der Waals surface area contributed by atoms with Crippen molar-refractivity contribution < 1.29 is 4.74 Å². The van der Waals surface area contributed by atoms with Crippen molar-refractivity contribution in [3.8, 4) is 0 Å². The van der Waals surface area contributed by atoms with Crippen LogP contribution in [0.2, 0.25) is 0 Å². The van der Waals surface area contributed by atoms with E-state index >= 15 is 0 Å². The summed E-state index contributed by atoms with van der Waals surface area (Å²) >= 11 is 0. The van der Waals surface area contributed by atoms with Crippen LogP contribution in [0.3, 0.4) is 0 Å². The zero-order valence-electron chi connectivity index (χ0n) is 13.1. The largest absolute Gasteiger partial charge is 0.375 e. The van der Waals surface area contributed by atoms with Gasteiger partial charge in [-0.1, -0.05) is 19.9 Å². The summed E-state index contributed by atoms with van der Waals surface area (Å²) in [7, 11) is 0. The van der Waals surface area contributed by atoms with Crippen molar-refractivity contribution in [3.05, 3.63) is 36.0 Å². The maximum absolute atomic E-state index is 6.05. The Balaban J connectivity index is 1.61. The number of fused-ring (bicyclic) bond motifs is 1. The third-order valence-electron chi connectivity index (χ3n) is 4.99. The molecule has 2 N–H and O–H groups in total. The number of hydrogen-bond acceptors (Lipinski definition) is 2. The topological polar surface area (TPSA) is 37.0 Å². The fourth-order valence-corrected chi connectivity index (χ4v) is 3.42. The number of hydrogen-bond donors (Lipinski definition) is 2. The van der Waals surface area contributed by atoms with Crippen LogP contribution in [0.25, 0.3) is 10.9 Å². The van der Waals surface area contributed by atoms with Gasteiger partial charge >= 0.3 is 0 Å². The van der Waals surface area contributed by atoms with Gasteiger partial charge in [-0.05, 0) is 54.8 Å². The van der Waals surface area contributed by atoms with Gasteiger partial charge in [0, 0.05) is 30.9 Å². The van der Waals surface area contributed by atoms with Crippen LogP contribution in [0, 0.1) is 0 Å². The molecule has 0 bridgehead atoms. The normalized spacial score (nSPS) is 21.7. The van der Waals surface area contributed by atoms with Crippen LogP contribution in [0.5, 0.6) is 0 Å². The first-order valence-corrected chi connectivity index (χ1v) is 8.18. The lowest BCUT2D eigenvalue weighted by Crippen LogP contribution is -2.46. The minimum atomic E-state index is 0.0977. The van der Waals surface area contributed by atoms with E-state index in [1.54, 1.807) is 0 Å². The van der Waals surface area contributed by atoms with Gasteiger partial charge in [0.25, 0.3) is 0 Å². The van der Waals surface area contributed by atoms with Crippen molar-refractivity contribution in [3.63, 3.8) is 0 Å². The number of nitrogens with one attached hydrogen (secondary N) is 2. The summed E-state index contributed by atoms with van der Waals surface area (Å²) in [5.41, 5.74) is 2.66. The predicted molar refractivity (Wildman–Crippen MR) is 87.4 cm³/mol. The summed E-state index contributed by atoms with van der Waals surface area (Å²) in [4.78, 5) is 3.24. The molecule has 3 rings (SSSR count). The minimum absolute atomic E-state index is 0.0977. The van der Waals surface area contributed by atoms with Crippen molar-refractivity contribution in [1.82, 2.24) is 10.3 Å². The smallest absolute Gasteiger partial charge is 0.0692 e. The Labute approximate surface area is 127 Å². The first-order chi connectivity index (χ1) is 10.2. The third kappa shape index (κ3) is 3.14. The minimum Gasteiger partial charge on any atom is -0.375 e. The molecular formula is C18H26N2O. The lowest BCUT2D eigenvalue weighted by atomic mass is 9.86. The number of aromatic amines is 1. The molecule has 0 spiro atoms. The van der Waals surface area contributed by atoms with E-state index in [9.17, 15) is 0 Å². The van der Waals surface area contributed by atoms with Gasteiger partial charge in [-0.2, -0.15) is 0 Å². The monoisotopic (exact) mass is 286 g/mol. The third-order valence-corrected chi connectivity index (χ3v) is 4.99. The molecule has 3 nitrogen and oxygen atoms in total. The van der Waals surface area contributed by atoms with Crippen molar-refractivity contribution in [2.24, 2.45) is 0 Å². The Hall–Kier alpha value is -1.32. The van der Waals surface area contributed by atoms with Crippen LogP contribution in [0.15, 0.2) is 30.5 Å². The maximum atomic E-state index is 6.05. The van der Waals surface area contributed by atoms with E-state index in [1.807, 2.05) is 6.20 Å². The van der Waals surface area contributed by atoms with E-state index < -0.39 is 0 Å². The molecule has 1 atom stereocenters. The summed E-state index contributed by atoms with van der Waals surface area (Å²) in [6.07, 6.45) is 6.46. The number of ether oxygens (including phenoxy) is 1. The first-order valence-electron chi connectivity index (χ1n) is 8.18. The first kappa shape index (κ1) is 14.6. The zero-order chi connectivity index (χ0) is 14.7. The fourth-order valence-electron chi connectivity index (χ4n) is 3.42. The maximum Gasteiger partial charge on any atom is 0.0692 e. The van der Waals surface area contributed by atoms with Crippen LogP contribution in [-0.4, -0.2) is 23.2 Å². The van der Waals surface area contributed by atoms with Crippen molar-refractivity contribution in [2.75, 3.05) is 6.61 Å². The Kier molecular flexibility index (Phi) is 4.32. The highest BCUT2D eigenvalue weighted by atomic mass is 16.5. The molecule has 0 saturated carbocycles. The molecule has 3 heteroatoms. The van der Waals surface area contributed by atoms with E-state index in [4.69, 9.17) is 4.74 Å². The fraction of sp³-hybridized carbons (Fsp3) is 0.556. The van der Waals surface area contributed by atoms with Gasteiger partial charge in [-0.15, -0.1) is 0 Å². The van der Waals surface area contributed by atoms with Crippen LogP contribution >= 0.6 is 0 Å². The molecule has 114 valence electrons. The van der Waals surface area contributed by atoms with Crippen molar-refractivity contribution in [2.45, 2.75) is 57.7 Å². The van der Waals surface area contributed by atoms with Crippen LogP contribution in [0.1, 0.15) is 45.1 Å². The SMILES string of the molecule is CCC1(CC)CC(NCc2ccc3[nH]ccc3c2)CCO1. The van der Waals surface area contributed by atoms with E-state index in [2.05, 4.69) is 48.4 Å². The standard InChI is InChI=1S/C18H26N2O/c1-3-18(4-2)12-16(8-10-21-18)20-13-14-5-6-17-15(11-14)7-9-19-17/h5-7,9,11,16,19-20H,3-4,8,10,12-13H2,1-2H3. The highest BCUT2D eigenvalue weighted by Gasteiger charge is 2.34. The predicted octanol–water partition coefficient (Wildman–Crippen LogP) is 4.00. The number of aromatic nitrogens is 1. The summed E-state index contributed by atoms with van der Waals surface area (Å²) < 4.78 is 6.05. The second kappa shape index (κ2) is 6.20. The van der Waals surface area contributed by atoms with Crippen molar-refractivity contribution >= 4 is 10.9 Å². The zero-order valence-corrected chi connectivity index (χ0v) is 13.1. The van der Waals surface area contributed by atoms with Gasteiger partial charge in [0.15, 0.2) is 0 Å². The molecule has 1 aliphatic rings. The molecular weight excluding hydrogens is 260 g/mol. The number of benzene rings is 1. The molecule has 2 aromatic rings. The van der Waals surface area contributed by atoms with Crippen LogP contribution < -0.4 is 5.32 Å². The Morgan fingerprint density at radius 1 is 1.29 bits per heavy atom.